The van der Waals surface area contributed by atoms with Crippen LogP contribution in [0.5, 0.6) is 5.75 Å². The van der Waals surface area contributed by atoms with Gasteiger partial charge in [0.25, 0.3) is 0 Å². The smallest absolute Gasteiger partial charge is 0.210 e. The predicted molar refractivity (Wildman–Crippen MR) is 92.1 cm³/mol. The van der Waals surface area contributed by atoms with Crippen molar-refractivity contribution in [3.63, 3.8) is 0 Å². The Morgan fingerprint density at radius 1 is 1.21 bits per heavy atom. The normalized spacial score (nSPS) is 16.4. The summed E-state index contributed by atoms with van der Waals surface area (Å²) in [6.45, 7) is 0. The first-order valence-corrected chi connectivity index (χ1v) is 7.51. The highest BCUT2D eigenvalue weighted by Gasteiger charge is 2.31. The number of imidazole rings is 1. The topological polar surface area (TPSA) is 88.9 Å². The van der Waals surface area contributed by atoms with Gasteiger partial charge in [0.15, 0.2) is 0 Å². The minimum atomic E-state index is -0.407. The van der Waals surface area contributed by atoms with Crippen LogP contribution >= 0.6 is 0 Å². The van der Waals surface area contributed by atoms with Gasteiger partial charge in [0.2, 0.25) is 5.95 Å². The number of hydrogen-bond donors (Lipinski definition) is 2. The molecule has 0 fully saturated rings. The van der Waals surface area contributed by atoms with E-state index in [4.69, 9.17) is 10.5 Å². The summed E-state index contributed by atoms with van der Waals surface area (Å²) in [6.07, 6.45) is 0. The van der Waals surface area contributed by atoms with E-state index in [1.54, 1.807) is 11.7 Å². The third-order valence-corrected chi connectivity index (χ3v) is 4.21. The van der Waals surface area contributed by atoms with Crippen LogP contribution < -0.4 is 15.8 Å². The maximum absolute atomic E-state index is 9.69. The maximum atomic E-state index is 9.69. The highest BCUT2D eigenvalue weighted by molar-refractivity contribution is 5.85. The van der Waals surface area contributed by atoms with Gasteiger partial charge < -0.3 is 15.8 Å². The zero-order valence-corrected chi connectivity index (χ0v) is 13.0. The van der Waals surface area contributed by atoms with Gasteiger partial charge in [-0.2, -0.15) is 5.26 Å². The van der Waals surface area contributed by atoms with E-state index in [1.165, 1.54) is 0 Å². The molecule has 0 amide bonds. The SMILES string of the molecule is COc1ccccc1C1Nc2nc3ccccc3n2C(N)=C1C#N. The number of nitrogens with zero attached hydrogens (tertiary/aromatic N) is 3. The summed E-state index contributed by atoms with van der Waals surface area (Å²) in [4.78, 5) is 4.59. The Balaban J connectivity index is 1.95. The fourth-order valence-corrected chi connectivity index (χ4v) is 3.10. The van der Waals surface area contributed by atoms with E-state index in [0.717, 1.165) is 16.6 Å². The molecule has 0 spiro atoms. The lowest BCUT2D eigenvalue weighted by Gasteiger charge is -2.27. The number of nitriles is 1. The molecule has 1 aliphatic heterocycles. The quantitative estimate of drug-likeness (QED) is 0.758. The summed E-state index contributed by atoms with van der Waals surface area (Å²) in [5.74, 6) is 1.69. The molecule has 4 rings (SSSR count). The lowest BCUT2D eigenvalue weighted by molar-refractivity contribution is 0.408. The number of para-hydroxylation sites is 3. The summed E-state index contributed by atoms with van der Waals surface area (Å²) in [7, 11) is 1.61. The van der Waals surface area contributed by atoms with Gasteiger partial charge in [0, 0.05) is 5.56 Å². The lowest BCUT2D eigenvalue weighted by atomic mass is 9.97. The van der Waals surface area contributed by atoms with Crippen LogP contribution in [0.1, 0.15) is 11.6 Å². The number of fused-ring (bicyclic) bond motifs is 3. The molecule has 6 nitrogen and oxygen atoms in total. The van der Waals surface area contributed by atoms with Crippen LogP contribution in [0, 0.1) is 11.3 Å². The molecule has 0 bridgehead atoms. The number of nitrogens with one attached hydrogen (secondary N) is 1. The van der Waals surface area contributed by atoms with Gasteiger partial charge in [-0.25, -0.2) is 4.98 Å². The fraction of sp³-hybridized carbons (Fsp3) is 0.111. The van der Waals surface area contributed by atoms with Gasteiger partial charge >= 0.3 is 0 Å². The van der Waals surface area contributed by atoms with Crippen molar-refractivity contribution in [1.82, 2.24) is 9.55 Å². The largest absolute Gasteiger partial charge is 0.496 e. The van der Waals surface area contributed by atoms with E-state index in [0.29, 0.717) is 23.1 Å². The number of anilines is 1. The maximum Gasteiger partial charge on any atom is 0.210 e. The number of hydrogen-bond acceptors (Lipinski definition) is 5. The highest BCUT2D eigenvalue weighted by atomic mass is 16.5. The van der Waals surface area contributed by atoms with Crippen molar-refractivity contribution in [3.05, 3.63) is 59.7 Å². The van der Waals surface area contributed by atoms with Crippen LogP contribution in [0.3, 0.4) is 0 Å². The lowest BCUT2D eigenvalue weighted by Crippen LogP contribution is -2.26. The Labute approximate surface area is 138 Å². The summed E-state index contributed by atoms with van der Waals surface area (Å²) < 4.78 is 7.21. The average Bonchev–Trinajstić information content (AvgIpc) is 3.00. The zero-order chi connectivity index (χ0) is 16.7. The molecule has 2 aromatic carbocycles. The number of nitrogens with two attached hydrogens (primary N) is 1. The summed E-state index contributed by atoms with van der Waals surface area (Å²) in [6, 6.07) is 17.1. The van der Waals surface area contributed by atoms with Crippen molar-refractivity contribution < 1.29 is 4.74 Å². The number of aromatic nitrogens is 2. The van der Waals surface area contributed by atoms with Gasteiger partial charge in [0.1, 0.15) is 17.6 Å². The summed E-state index contributed by atoms with van der Waals surface area (Å²) in [5.41, 5.74) is 9.30. The van der Waals surface area contributed by atoms with Crippen LogP contribution in [-0.4, -0.2) is 16.7 Å². The van der Waals surface area contributed by atoms with Crippen LogP contribution in [-0.2, 0) is 0 Å². The van der Waals surface area contributed by atoms with E-state index in [1.807, 2.05) is 48.5 Å². The molecule has 1 aromatic heterocycles. The third-order valence-electron chi connectivity index (χ3n) is 4.21. The Morgan fingerprint density at radius 3 is 2.75 bits per heavy atom. The Morgan fingerprint density at radius 2 is 1.96 bits per heavy atom. The number of ether oxygens (including phenoxy) is 1. The van der Waals surface area contributed by atoms with Crippen LogP contribution in [0.2, 0.25) is 0 Å². The molecule has 3 N–H and O–H groups in total. The van der Waals surface area contributed by atoms with Gasteiger partial charge in [-0.1, -0.05) is 30.3 Å². The molecule has 0 radical (unpaired) electrons. The third kappa shape index (κ3) is 1.92. The van der Waals surface area contributed by atoms with Crippen LogP contribution in [0.25, 0.3) is 16.9 Å². The van der Waals surface area contributed by atoms with Gasteiger partial charge in [-0.3, -0.25) is 4.57 Å². The molecule has 0 saturated heterocycles. The minimum absolute atomic E-state index is 0.385. The molecule has 0 saturated carbocycles. The molecular weight excluding hydrogens is 302 g/mol. The fourth-order valence-electron chi connectivity index (χ4n) is 3.10. The number of methoxy groups -OCH3 is 1. The standard InChI is InChI=1S/C18H15N5O/c1-24-15-9-5-2-6-11(15)16-12(10-19)17(20)23-14-8-4-3-7-13(14)21-18(23)22-16/h2-9,16H,20H2,1H3,(H,21,22). The average molecular weight is 317 g/mol. The molecule has 3 aromatic rings. The first-order valence-electron chi connectivity index (χ1n) is 7.51. The molecule has 1 atom stereocenters. The van der Waals surface area contributed by atoms with Crippen molar-refractivity contribution >= 4 is 22.8 Å². The highest BCUT2D eigenvalue weighted by Crippen LogP contribution is 2.39. The van der Waals surface area contributed by atoms with Crippen molar-refractivity contribution in [2.45, 2.75) is 6.04 Å². The predicted octanol–water partition coefficient (Wildman–Crippen LogP) is 2.86. The van der Waals surface area contributed by atoms with E-state index in [9.17, 15) is 5.26 Å². The van der Waals surface area contributed by atoms with Crippen molar-refractivity contribution in [2.24, 2.45) is 5.73 Å². The monoisotopic (exact) mass is 317 g/mol. The van der Waals surface area contributed by atoms with E-state index < -0.39 is 6.04 Å². The molecule has 1 aliphatic rings. The first kappa shape index (κ1) is 14.2. The second-order valence-electron chi connectivity index (χ2n) is 5.49. The molecule has 2 heterocycles. The molecule has 6 heteroatoms. The van der Waals surface area contributed by atoms with Gasteiger partial charge in [-0.15, -0.1) is 0 Å². The molecule has 0 aliphatic carbocycles. The van der Waals surface area contributed by atoms with Gasteiger partial charge in [0.05, 0.1) is 29.8 Å². The minimum Gasteiger partial charge on any atom is -0.496 e. The van der Waals surface area contributed by atoms with Crippen molar-refractivity contribution in [2.75, 3.05) is 12.4 Å². The Bertz CT molecular complexity index is 1010. The Kier molecular flexibility index (Phi) is 3.14. The number of benzene rings is 2. The molecular formula is C18H15N5O. The Hall–Kier alpha value is -3.46. The zero-order valence-electron chi connectivity index (χ0n) is 13.0. The van der Waals surface area contributed by atoms with E-state index in [2.05, 4.69) is 16.4 Å². The van der Waals surface area contributed by atoms with E-state index in [-0.39, 0.29) is 0 Å². The summed E-state index contributed by atoms with van der Waals surface area (Å²) >= 11 is 0. The first-order chi connectivity index (χ1) is 11.7. The number of rotatable bonds is 2. The molecule has 118 valence electrons. The van der Waals surface area contributed by atoms with Gasteiger partial charge in [-0.05, 0) is 18.2 Å². The second-order valence-corrected chi connectivity index (χ2v) is 5.49. The molecule has 24 heavy (non-hydrogen) atoms. The summed E-state index contributed by atoms with van der Waals surface area (Å²) in [5, 5.41) is 13.0. The second kappa shape index (κ2) is 5.32. The van der Waals surface area contributed by atoms with Crippen LogP contribution in [0.15, 0.2) is 54.1 Å². The van der Waals surface area contributed by atoms with Crippen molar-refractivity contribution in [3.8, 4) is 11.8 Å². The molecule has 1 unspecified atom stereocenters. The van der Waals surface area contributed by atoms with Crippen molar-refractivity contribution in [1.29, 1.82) is 5.26 Å². The van der Waals surface area contributed by atoms with Crippen LogP contribution in [0.4, 0.5) is 5.95 Å². The van der Waals surface area contributed by atoms with E-state index >= 15 is 0 Å².